The molecule has 2 aliphatic rings. The molecule has 2 rings (SSSR count). The minimum absolute atomic E-state index is 0.0463. The number of nitrogens with one attached hydrogen (secondary N) is 1. The maximum Gasteiger partial charge on any atom is 0.241 e. The van der Waals surface area contributed by atoms with Gasteiger partial charge in [-0.05, 0) is 26.3 Å². The summed E-state index contributed by atoms with van der Waals surface area (Å²) in [5.74, 6) is 0.233. The Kier molecular flexibility index (Phi) is 10.2. The van der Waals surface area contributed by atoms with Crippen LogP contribution in [0.4, 0.5) is 0 Å². The van der Waals surface area contributed by atoms with E-state index in [9.17, 15) is 9.59 Å². The van der Waals surface area contributed by atoms with Gasteiger partial charge in [0.2, 0.25) is 11.8 Å². The van der Waals surface area contributed by atoms with Crippen LogP contribution in [0.3, 0.4) is 0 Å². The van der Waals surface area contributed by atoms with Gasteiger partial charge in [-0.25, -0.2) is 0 Å². The molecule has 0 aromatic heterocycles. The number of amides is 2. The SMILES string of the molecule is CC.CN.O=C(NN1CCCC1=O)C1CCCCC1. The van der Waals surface area contributed by atoms with Crippen LogP contribution in [0.5, 0.6) is 0 Å². The first-order chi connectivity index (χ1) is 9.27. The molecule has 2 fully saturated rings. The summed E-state index contributed by atoms with van der Waals surface area (Å²) < 4.78 is 0. The van der Waals surface area contributed by atoms with Gasteiger partial charge in [0.15, 0.2) is 0 Å². The summed E-state index contributed by atoms with van der Waals surface area (Å²) in [6, 6.07) is 0. The van der Waals surface area contributed by atoms with E-state index < -0.39 is 0 Å². The molecule has 0 aromatic rings. The highest BCUT2D eigenvalue weighted by atomic mass is 16.2. The molecule has 0 spiro atoms. The molecular formula is C14H29N3O2. The van der Waals surface area contributed by atoms with Crippen molar-refractivity contribution >= 4 is 11.8 Å². The van der Waals surface area contributed by atoms with E-state index in [1.54, 1.807) is 0 Å². The molecule has 1 saturated heterocycles. The highest BCUT2D eigenvalue weighted by Gasteiger charge is 2.26. The Bertz CT molecular complexity index is 263. The molecule has 2 amide bonds. The van der Waals surface area contributed by atoms with Crippen LogP contribution >= 0.6 is 0 Å². The number of hydrogen-bond acceptors (Lipinski definition) is 3. The molecular weight excluding hydrogens is 242 g/mol. The topological polar surface area (TPSA) is 75.4 Å². The minimum atomic E-state index is 0.0463. The number of hydrazine groups is 1. The summed E-state index contributed by atoms with van der Waals surface area (Å²) in [5.41, 5.74) is 7.24. The number of nitrogens with two attached hydrogens (primary N) is 1. The molecule has 112 valence electrons. The summed E-state index contributed by atoms with van der Waals surface area (Å²) in [5, 5.41) is 1.48. The maximum absolute atomic E-state index is 11.8. The zero-order valence-corrected chi connectivity index (χ0v) is 12.6. The van der Waals surface area contributed by atoms with Crippen molar-refractivity contribution in [1.29, 1.82) is 0 Å². The Morgan fingerprint density at radius 3 is 2.21 bits per heavy atom. The third kappa shape index (κ3) is 6.05. The molecule has 5 heteroatoms. The minimum Gasteiger partial charge on any atom is -0.333 e. The lowest BCUT2D eigenvalue weighted by Gasteiger charge is -2.24. The monoisotopic (exact) mass is 271 g/mol. The van der Waals surface area contributed by atoms with Crippen molar-refractivity contribution in [3.63, 3.8) is 0 Å². The van der Waals surface area contributed by atoms with Crippen LogP contribution in [0.15, 0.2) is 0 Å². The lowest BCUT2D eigenvalue weighted by Crippen LogP contribution is -2.45. The van der Waals surface area contributed by atoms with E-state index in [2.05, 4.69) is 11.2 Å². The van der Waals surface area contributed by atoms with Crippen LogP contribution in [0.1, 0.15) is 58.8 Å². The van der Waals surface area contributed by atoms with Crippen molar-refractivity contribution in [2.24, 2.45) is 11.7 Å². The van der Waals surface area contributed by atoms with Gasteiger partial charge in [-0.3, -0.25) is 20.0 Å². The van der Waals surface area contributed by atoms with Crippen LogP contribution < -0.4 is 11.2 Å². The van der Waals surface area contributed by atoms with E-state index in [4.69, 9.17) is 0 Å². The third-order valence-corrected chi connectivity index (χ3v) is 3.29. The largest absolute Gasteiger partial charge is 0.333 e. The second-order valence-corrected chi connectivity index (χ2v) is 4.46. The number of carbonyl (C=O) groups excluding carboxylic acids is 2. The van der Waals surface area contributed by atoms with Crippen molar-refractivity contribution in [2.45, 2.75) is 58.8 Å². The van der Waals surface area contributed by atoms with Gasteiger partial charge in [-0.1, -0.05) is 33.1 Å². The first-order valence-corrected chi connectivity index (χ1v) is 7.46. The molecule has 19 heavy (non-hydrogen) atoms. The van der Waals surface area contributed by atoms with Gasteiger partial charge >= 0.3 is 0 Å². The molecule has 0 bridgehead atoms. The van der Waals surface area contributed by atoms with E-state index in [0.717, 1.165) is 32.1 Å². The highest BCUT2D eigenvalue weighted by Crippen LogP contribution is 2.23. The first kappa shape index (κ1) is 17.9. The van der Waals surface area contributed by atoms with Crippen LogP contribution in [-0.2, 0) is 9.59 Å². The van der Waals surface area contributed by atoms with Gasteiger partial charge in [-0.2, -0.15) is 0 Å². The van der Waals surface area contributed by atoms with Crippen molar-refractivity contribution < 1.29 is 9.59 Å². The molecule has 0 aromatic carbocycles. The Morgan fingerprint density at radius 1 is 1.16 bits per heavy atom. The van der Waals surface area contributed by atoms with E-state index in [1.165, 1.54) is 18.5 Å². The van der Waals surface area contributed by atoms with Gasteiger partial charge in [0.05, 0.1) is 0 Å². The molecule has 5 nitrogen and oxygen atoms in total. The van der Waals surface area contributed by atoms with E-state index >= 15 is 0 Å². The summed E-state index contributed by atoms with van der Waals surface area (Å²) >= 11 is 0. The predicted molar refractivity (Wildman–Crippen MR) is 77.1 cm³/mol. The second kappa shape index (κ2) is 10.8. The molecule has 3 N–H and O–H groups in total. The van der Waals surface area contributed by atoms with Crippen LogP contribution in [0, 0.1) is 5.92 Å². The number of rotatable bonds is 2. The summed E-state index contributed by atoms with van der Waals surface area (Å²) in [7, 11) is 1.50. The Balaban J connectivity index is 0.000000741. The Morgan fingerprint density at radius 2 is 1.74 bits per heavy atom. The van der Waals surface area contributed by atoms with Crippen molar-refractivity contribution in [1.82, 2.24) is 10.4 Å². The van der Waals surface area contributed by atoms with Crippen molar-refractivity contribution in [2.75, 3.05) is 13.6 Å². The van der Waals surface area contributed by atoms with Gasteiger partial charge in [0.25, 0.3) is 0 Å². The molecule has 0 unspecified atom stereocenters. The van der Waals surface area contributed by atoms with Crippen molar-refractivity contribution in [3.05, 3.63) is 0 Å². The Hall–Kier alpha value is -1.10. The van der Waals surface area contributed by atoms with Gasteiger partial charge in [0, 0.05) is 18.9 Å². The lowest BCUT2D eigenvalue weighted by atomic mass is 9.89. The first-order valence-electron chi connectivity index (χ1n) is 7.46. The summed E-state index contributed by atoms with van der Waals surface area (Å²) in [4.78, 5) is 23.1. The maximum atomic E-state index is 11.8. The van der Waals surface area contributed by atoms with E-state index in [0.29, 0.717) is 13.0 Å². The second-order valence-electron chi connectivity index (χ2n) is 4.46. The van der Waals surface area contributed by atoms with Gasteiger partial charge < -0.3 is 5.73 Å². The zero-order chi connectivity index (χ0) is 14.7. The normalized spacial score (nSPS) is 18.9. The lowest BCUT2D eigenvalue weighted by molar-refractivity contribution is -0.140. The summed E-state index contributed by atoms with van der Waals surface area (Å²) in [6.45, 7) is 4.68. The Labute approximate surface area is 116 Å². The van der Waals surface area contributed by atoms with Crippen LogP contribution in [-0.4, -0.2) is 30.4 Å². The van der Waals surface area contributed by atoms with Gasteiger partial charge in [-0.15, -0.1) is 0 Å². The molecule has 0 atom stereocenters. The molecule has 1 saturated carbocycles. The summed E-state index contributed by atoms with van der Waals surface area (Å²) in [6.07, 6.45) is 6.93. The number of carbonyl (C=O) groups is 2. The van der Waals surface area contributed by atoms with E-state index in [-0.39, 0.29) is 17.7 Å². The average Bonchev–Trinajstić information content (AvgIpc) is 2.89. The zero-order valence-electron chi connectivity index (χ0n) is 12.6. The fourth-order valence-electron chi connectivity index (χ4n) is 2.36. The fraction of sp³-hybridized carbons (Fsp3) is 0.857. The van der Waals surface area contributed by atoms with Gasteiger partial charge in [0.1, 0.15) is 0 Å². The van der Waals surface area contributed by atoms with E-state index in [1.807, 2.05) is 13.8 Å². The van der Waals surface area contributed by atoms with Crippen molar-refractivity contribution in [3.8, 4) is 0 Å². The average molecular weight is 271 g/mol. The quantitative estimate of drug-likeness (QED) is 0.804. The van der Waals surface area contributed by atoms with Crippen LogP contribution in [0.25, 0.3) is 0 Å². The fourth-order valence-corrected chi connectivity index (χ4v) is 2.36. The highest BCUT2D eigenvalue weighted by molar-refractivity contribution is 5.84. The van der Waals surface area contributed by atoms with Crippen LogP contribution in [0.2, 0.25) is 0 Å². The third-order valence-electron chi connectivity index (χ3n) is 3.29. The molecule has 1 aliphatic carbocycles. The predicted octanol–water partition coefficient (Wildman–Crippen LogP) is 1.82. The smallest absolute Gasteiger partial charge is 0.241 e. The molecule has 1 heterocycles. The number of hydrogen-bond donors (Lipinski definition) is 2. The molecule has 1 aliphatic heterocycles. The standard InChI is InChI=1S/C11H18N2O2.C2H6.CH5N/c14-10-7-4-8-13(10)12-11(15)9-5-2-1-3-6-9;2*1-2/h9H,1-8H2,(H,12,15);1-2H3;2H2,1H3. The number of nitrogens with zero attached hydrogens (tertiary/aromatic N) is 1. The molecule has 0 radical (unpaired) electrons.